The van der Waals surface area contributed by atoms with E-state index in [4.69, 9.17) is 22.4 Å². The fraction of sp³-hybridized carbons (Fsp3) is 0.267. The van der Waals surface area contributed by atoms with Crippen molar-refractivity contribution in [3.8, 4) is 0 Å². The number of thiophene rings is 2. The number of aliphatic hydroxyl groups excluding tert-OH is 1. The number of fused-ring (bicyclic) bond motifs is 1. The Morgan fingerprint density at radius 3 is 2.80 bits per heavy atom. The normalized spacial score (nSPS) is 11.7. The molecule has 0 saturated carbocycles. The first-order chi connectivity index (χ1) is 11.1. The van der Waals surface area contributed by atoms with Gasteiger partial charge in [-0.1, -0.05) is 17.7 Å². The van der Waals surface area contributed by atoms with Crippen molar-refractivity contribution >= 4 is 90.9 Å². The molecule has 3 aromatic heterocycles. The number of aromatic nitrogens is 1. The molecule has 0 aliphatic carbocycles. The van der Waals surface area contributed by atoms with E-state index in [9.17, 15) is 0 Å². The topological polar surface area (TPSA) is 71.2 Å². The molecule has 3 aromatic rings. The molecule has 138 valence electrons. The third-order valence-corrected chi connectivity index (χ3v) is 6.76. The Morgan fingerprint density at radius 2 is 2.16 bits per heavy atom. The van der Waals surface area contributed by atoms with Crippen molar-refractivity contribution in [2.75, 3.05) is 11.9 Å². The lowest BCUT2D eigenvalue weighted by Crippen LogP contribution is -2.26. The van der Waals surface area contributed by atoms with Crippen LogP contribution in [0.3, 0.4) is 0 Å². The molecule has 0 spiro atoms. The molecule has 3 heterocycles. The van der Waals surface area contributed by atoms with Crippen molar-refractivity contribution in [3.63, 3.8) is 0 Å². The van der Waals surface area contributed by atoms with Crippen LogP contribution >= 0.6 is 75.0 Å². The Hall–Kier alpha value is -0.120. The molecule has 25 heavy (non-hydrogen) atoms. The number of pyridine rings is 1. The summed E-state index contributed by atoms with van der Waals surface area (Å²) in [4.78, 5) is 6.74. The maximum Gasteiger partial charge on any atom is 0.131 e. The average molecular weight is 506 g/mol. The van der Waals surface area contributed by atoms with Crippen molar-refractivity contribution in [1.29, 1.82) is 0 Å². The number of hydrogen-bond donors (Lipinski definition) is 3. The molecule has 0 bridgehead atoms. The number of halogens is 4. The van der Waals surface area contributed by atoms with E-state index in [-0.39, 0.29) is 37.5 Å². The Balaban J connectivity index is 0.00000156. The molecule has 0 aliphatic rings. The van der Waals surface area contributed by atoms with E-state index >= 15 is 0 Å². The van der Waals surface area contributed by atoms with E-state index in [1.807, 2.05) is 12.1 Å². The van der Waals surface area contributed by atoms with E-state index in [2.05, 4.69) is 37.7 Å². The summed E-state index contributed by atoms with van der Waals surface area (Å²) in [7, 11) is 0. The van der Waals surface area contributed by atoms with Gasteiger partial charge in [0.1, 0.15) is 5.15 Å². The molecule has 4 nitrogen and oxygen atoms in total. The van der Waals surface area contributed by atoms with Gasteiger partial charge >= 0.3 is 0 Å². The van der Waals surface area contributed by atoms with Gasteiger partial charge in [0.05, 0.1) is 27.0 Å². The van der Waals surface area contributed by atoms with Gasteiger partial charge in [0.25, 0.3) is 0 Å². The third kappa shape index (κ3) is 5.43. The molecule has 3 rings (SSSR count). The molecule has 0 aliphatic heterocycles. The number of nitrogens with two attached hydrogens (primary N) is 1. The Labute approximate surface area is 179 Å². The summed E-state index contributed by atoms with van der Waals surface area (Å²) in [6, 6.07) is 5.69. The first kappa shape index (κ1) is 22.9. The van der Waals surface area contributed by atoms with Gasteiger partial charge in [0.15, 0.2) is 0 Å². The van der Waals surface area contributed by atoms with E-state index in [1.54, 1.807) is 22.7 Å². The molecule has 1 atom stereocenters. The Bertz CT molecular complexity index is 814. The summed E-state index contributed by atoms with van der Waals surface area (Å²) in [6.07, 6.45) is 0.597. The number of rotatable bonds is 6. The van der Waals surface area contributed by atoms with E-state index in [1.165, 1.54) is 4.88 Å². The van der Waals surface area contributed by atoms with Crippen LogP contribution in [-0.2, 0) is 13.0 Å². The standard InChI is InChI=1S/C15H15BrClN3OS2.2ClH/c16-13-11(4-8(18)7-21)23-15-10(5-12(17)20-14(13)15)19-6-9-2-1-3-22-9;;/h1-3,5,8,21H,4,6-7,18H2,(H,19,20);2*1H/t8-;;/m0../s1. The summed E-state index contributed by atoms with van der Waals surface area (Å²) >= 11 is 13.1. The zero-order valence-electron chi connectivity index (χ0n) is 12.9. The van der Waals surface area contributed by atoms with Crippen LogP contribution in [0.15, 0.2) is 28.1 Å². The molecule has 0 aromatic carbocycles. The smallest absolute Gasteiger partial charge is 0.131 e. The second kappa shape index (κ2) is 10.3. The highest BCUT2D eigenvalue weighted by atomic mass is 79.9. The van der Waals surface area contributed by atoms with Crippen LogP contribution < -0.4 is 11.1 Å². The first-order valence-corrected chi connectivity index (χ1v) is 9.85. The monoisotopic (exact) mass is 503 g/mol. The van der Waals surface area contributed by atoms with Crippen molar-refractivity contribution in [1.82, 2.24) is 4.98 Å². The molecule has 4 N–H and O–H groups in total. The minimum Gasteiger partial charge on any atom is -0.395 e. The van der Waals surface area contributed by atoms with E-state index < -0.39 is 0 Å². The van der Waals surface area contributed by atoms with Gasteiger partial charge in [-0.15, -0.1) is 47.5 Å². The fourth-order valence-electron chi connectivity index (χ4n) is 2.21. The predicted octanol–water partition coefficient (Wildman–Crippen LogP) is 5.09. The van der Waals surface area contributed by atoms with Gasteiger partial charge in [-0.3, -0.25) is 0 Å². The molecule has 0 fully saturated rings. The highest BCUT2D eigenvalue weighted by molar-refractivity contribution is 9.10. The van der Waals surface area contributed by atoms with E-state index in [0.717, 1.165) is 31.8 Å². The molecule has 0 radical (unpaired) electrons. The largest absolute Gasteiger partial charge is 0.395 e. The van der Waals surface area contributed by atoms with Crippen LogP contribution in [0.1, 0.15) is 9.75 Å². The van der Waals surface area contributed by atoms with Crippen LogP contribution in [0, 0.1) is 0 Å². The molecular weight excluding hydrogens is 489 g/mol. The van der Waals surface area contributed by atoms with Gasteiger partial charge in [-0.2, -0.15) is 0 Å². The minimum absolute atomic E-state index is 0. The highest BCUT2D eigenvalue weighted by Crippen LogP contribution is 2.40. The molecule has 0 unspecified atom stereocenters. The summed E-state index contributed by atoms with van der Waals surface area (Å²) in [6.45, 7) is 0.701. The zero-order valence-corrected chi connectivity index (χ0v) is 18.5. The van der Waals surface area contributed by atoms with Crippen LogP contribution in [-0.4, -0.2) is 22.7 Å². The maximum atomic E-state index is 9.17. The van der Waals surface area contributed by atoms with E-state index in [0.29, 0.717) is 11.6 Å². The van der Waals surface area contributed by atoms with Crippen LogP contribution in [0.2, 0.25) is 5.15 Å². The van der Waals surface area contributed by atoms with Crippen LogP contribution in [0.5, 0.6) is 0 Å². The highest BCUT2D eigenvalue weighted by Gasteiger charge is 2.17. The second-order valence-corrected chi connectivity index (χ2v) is 8.41. The van der Waals surface area contributed by atoms with Crippen LogP contribution in [0.25, 0.3) is 10.2 Å². The second-order valence-electron chi connectivity index (χ2n) is 5.09. The quantitative estimate of drug-likeness (QED) is 0.408. The molecular formula is C15H17BrCl3N3OS2. The number of anilines is 1. The summed E-state index contributed by atoms with van der Waals surface area (Å²) in [5.41, 5.74) is 7.65. The lowest BCUT2D eigenvalue weighted by molar-refractivity contribution is 0.265. The van der Waals surface area contributed by atoms with Crippen molar-refractivity contribution < 1.29 is 5.11 Å². The molecule has 10 heteroatoms. The third-order valence-electron chi connectivity index (χ3n) is 3.33. The van der Waals surface area contributed by atoms with Crippen molar-refractivity contribution in [3.05, 3.63) is 43.0 Å². The van der Waals surface area contributed by atoms with Gasteiger partial charge in [0, 0.05) is 34.8 Å². The summed E-state index contributed by atoms with van der Waals surface area (Å²) in [5, 5.41) is 15.1. The van der Waals surface area contributed by atoms with Crippen molar-refractivity contribution in [2.45, 2.75) is 19.0 Å². The first-order valence-electron chi connectivity index (χ1n) is 6.98. The predicted molar refractivity (Wildman–Crippen MR) is 117 cm³/mol. The maximum absolute atomic E-state index is 9.17. The zero-order chi connectivity index (χ0) is 16.4. The van der Waals surface area contributed by atoms with Gasteiger partial charge in [-0.05, 0) is 27.4 Å². The van der Waals surface area contributed by atoms with Gasteiger partial charge in [0.2, 0.25) is 0 Å². The lowest BCUT2D eigenvalue weighted by atomic mass is 10.2. The fourth-order valence-corrected chi connectivity index (χ4v) is 5.09. The number of aliphatic hydroxyl groups is 1. The number of hydrogen-bond acceptors (Lipinski definition) is 6. The lowest BCUT2D eigenvalue weighted by Gasteiger charge is -2.06. The Kier molecular flexibility index (Phi) is 9.42. The summed E-state index contributed by atoms with van der Waals surface area (Å²) < 4.78 is 1.95. The van der Waals surface area contributed by atoms with Gasteiger partial charge in [-0.25, -0.2) is 4.98 Å². The minimum atomic E-state index is -0.280. The average Bonchev–Trinajstić information content (AvgIpc) is 3.15. The Morgan fingerprint density at radius 1 is 1.40 bits per heavy atom. The van der Waals surface area contributed by atoms with Crippen molar-refractivity contribution in [2.24, 2.45) is 5.73 Å². The SMILES string of the molecule is Cl.Cl.N[C@H](CO)Cc1sc2c(NCc3cccs3)cc(Cl)nc2c1Br. The molecule has 0 saturated heterocycles. The number of nitrogens with zero attached hydrogens (tertiary/aromatic N) is 1. The molecule has 0 amide bonds. The summed E-state index contributed by atoms with van der Waals surface area (Å²) in [5.74, 6) is 0. The van der Waals surface area contributed by atoms with Gasteiger partial charge < -0.3 is 16.2 Å². The van der Waals surface area contributed by atoms with Crippen LogP contribution in [0.4, 0.5) is 5.69 Å². The number of nitrogens with one attached hydrogen (secondary N) is 1.